The minimum atomic E-state index is 0.300. The Bertz CT molecular complexity index is 406. The first-order valence-corrected chi connectivity index (χ1v) is 4.68. The average molecular weight is 189 g/mol. The zero-order chi connectivity index (χ0) is 9.10. The van der Waals surface area contributed by atoms with Crippen LogP contribution in [-0.2, 0) is 0 Å². The van der Waals surface area contributed by atoms with Crippen molar-refractivity contribution >= 4 is 23.4 Å². The van der Waals surface area contributed by atoms with E-state index in [2.05, 4.69) is 12.1 Å². The molecule has 13 heavy (non-hydrogen) atoms. The van der Waals surface area contributed by atoms with Crippen molar-refractivity contribution in [3.63, 3.8) is 0 Å². The second-order valence-electron chi connectivity index (χ2n) is 2.74. The van der Waals surface area contributed by atoms with E-state index in [1.54, 1.807) is 0 Å². The average Bonchev–Trinajstić information content (AvgIpc) is 2.19. The van der Waals surface area contributed by atoms with Crippen LogP contribution < -0.4 is 4.74 Å². The molecule has 0 amide bonds. The fourth-order valence-electron chi connectivity index (χ4n) is 1.39. The van der Waals surface area contributed by atoms with E-state index in [-0.39, 0.29) is 0 Å². The molecule has 1 radical (unpaired) electrons. The summed E-state index contributed by atoms with van der Waals surface area (Å²) >= 11 is 4.77. The number of benzene rings is 2. The lowest BCUT2D eigenvalue weighted by Crippen LogP contribution is -1.89. The van der Waals surface area contributed by atoms with Gasteiger partial charge in [-0.15, -0.1) is 0 Å². The predicted octanol–water partition coefficient (Wildman–Crippen LogP) is 3.37. The van der Waals surface area contributed by atoms with Crippen LogP contribution in [0.2, 0.25) is 0 Å². The summed E-state index contributed by atoms with van der Waals surface area (Å²) in [7, 11) is 0. The van der Waals surface area contributed by atoms with Gasteiger partial charge in [0.2, 0.25) is 0 Å². The molecular weight excluding hydrogens is 180 g/mol. The molecular formula is C11H9OS. The number of ether oxygens (including phenoxy) is 1. The van der Waals surface area contributed by atoms with Crippen LogP contribution in [-0.4, -0.2) is 5.94 Å². The van der Waals surface area contributed by atoms with Gasteiger partial charge in [0.05, 0.1) is 0 Å². The van der Waals surface area contributed by atoms with E-state index in [1.165, 1.54) is 5.39 Å². The van der Waals surface area contributed by atoms with Gasteiger partial charge in [0.25, 0.3) is 0 Å². The number of fused-ring (bicyclic) bond motifs is 1. The summed E-state index contributed by atoms with van der Waals surface area (Å²) in [5, 5.41) is 2.30. The van der Waals surface area contributed by atoms with Gasteiger partial charge in [-0.3, -0.25) is 0 Å². The normalized spacial score (nSPS) is 10.2. The van der Waals surface area contributed by atoms with E-state index < -0.39 is 0 Å². The molecule has 0 aliphatic heterocycles. The summed E-state index contributed by atoms with van der Waals surface area (Å²) in [4.78, 5) is 0. The van der Waals surface area contributed by atoms with Crippen molar-refractivity contribution in [1.82, 2.24) is 0 Å². The van der Waals surface area contributed by atoms with E-state index >= 15 is 0 Å². The molecule has 0 fully saturated rings. The minimum Gasteiger partial charge on any atom is -0.481 e. The first-order valence-electron chi connectivity index (χ1n) is 4.10. The molecule has 65 valence electrons. The first kappa shape index (κ1) is 8.45. The lowest BCUT2D eigenvalue weighted by Gasteiger charge is -2.05. The SMILES string of the molecule is [S]COc1cccc2ccccc12. The molecule has 0 bridgehead atoms. The number of rotatable bonds is 2. The second-order valence-corrected chi connectivity index (χ2v) is 2.98. The monoisotopic (exact) mass is 189 g/mol. The van der Waals surface area contributed by atoms with Crippen LogP contribution in [0.4, 0.5) is 0 Å². The van der Waals surface area contributed by atoms with Gasteiger partial charge in [0.1, 0.15) is 11.7 Å². The standard InChI is InChI=1S/C11H9OS/c13-8-12-11-7-3-5-9-4-1-2-6-10(9)11/h1-7H,8H2. The fourth-order valence-corrected chi connectivity index (χ4v) is 1.51. The van der Waals surface area contributed by atoms with Crippen molar-refractivity contribution in [3.05, 3.63) is 42.5 Å². The lowest BCUT2D eigenvalue weighted by atomic mass is 10.1. The molecule has 0 spiro atoms. The fraction of sp³-hybridized carbons (Fsp3) is 0.0909. The first-order chi connectivity index (χ1) is 6.42. The third kappa shape index (κ3) is 1.63. The van der Waals surface area contributed by atoms with Gasteiger partial charge in [-0.2, -0.15) is 0 Å². The van der Waals surface area contributed by atoms with Crippen LogP contribution in [0.5, 0.6) is 5.75 Å². The highest BCUT2D eigenvalue weighted by molar-refractivity contribution is 7.80. The summed E-state index contributed by atoms with van der Waals surface area (Å²) in [6.07, 6.45) is 0. The van der Waals surface area contributed by atoms with E-state index in [0.29, 0.717) is 5.94 Å². The van der Waals surface area contributed by atoms with E-state index in [4.69, 9.17) is 17.4 Å². The van der Waals surface area contributed by atoms with Gasteiger partial charge >= 0.3 is 0 Å². The van der Waals surface area contributed by atoms with Crippen molar-refractivity contribution in [2.75, 3.05) is 5.94 Å². The maximum atomic E-state index is 5.33. The molecule has 0 saturated carbocycles. The Morgan fingerprint density at radius 1 is 1.00 bits per heavy atom. The topological polar surface area (TPSA) is 9.23 Å². The maximum Gasteiger partial charge on any atom is 0.144 e. The maximum absolute atomic E-state index is 5.33. The summed E-state index contributed by atoms with van der Waals surface area (Å²) in [6, 6.07) is 14.1. The summed E-state index contributed by atoms with van der Waals surface area (Å²) in [5.41, 5.74) is 0. The predicted molar refractivity (Wildman–Crippen MR) is 57.0 cm³/mol. The molecule has 2 aromatic rings. The lowest BCUT2D eigenvalue weighted by molar-refractivity contribution is 0.399. The third-order valence-electron chi connectivity index (χ3n) is 1.96. The van der Waals surface area contributed by atoms with Gasteiger partial charge in [0.15, 0.2) is 0 Å². The van der Waals surface area contributed by atoms with Crippen molar-refractivity contribution in [2.24, 2.45) is 0 Å². The molecule has 2 rings (SSSR count). The largest absolute Gasteiger partial charge is 0.481 e. The molecule has 2 heteroatoms. The van der Waals surface area contributed by atoms with Crippen LogP contribution in [0.25, 0.3) is 10.8 Å². The molecule has 0 atom stereocenters. The van der Waals surface area contributed by atoms with E-state index in [0.717, 1.165) is 11.1 Å². The van der Waals surface area contributed by atoms with Gasteiger partial charge in [-0.25, -0.2) is 0 Å². The highest BCUT2D eigenvalue weighted by Crippen LogP contribution is 2.24. The second kappa shape index (κ2) is 3.71. The smallest absolute Gasteiger partial charge is 0.144 e. The van der Waals surface area contributed by atoms with Crippen LogP contribution in [0.15, 0.2) is 42.5 Å². The van der Waals surface area contributed by atoms with Gasteiger partial charge in [-0.1, -0.05) is 36.4 Å². The molecule has 2 aromatic carbocycles. The molecule has 0 aliphatic rings. The van der Waals surface area contributed by atoms with E-state index in [9.17, 15) is 0 Å². The van der Waals surface area contributed by atoms with Gasteiger partial charge < -0.3 is 4.74 Å². The van der Waals surface area contributed by atoms with Crippen molar-refractivity contribution in [3.8, 4) is 5.75 Å². The summed E-state index contributed by atoms with van der Waals surface area (Å²) < 4.78 is 5.33. The molecule has 0 unspecified atom stereocenters. The Labute approximate surface area is 82.7 Å². The van der Waals surface area contributed by atoms with Crippen LogP contribution in [0.3, 0.4) is 0 Å². The highest BCUT2D eigenvalue weighted by atomic mass is 32.1. The van der Waals surface area contributed by atoms with Crippen LogP contribution in [0, 0.1) is 0 Å². The molecule has 0 heterocycles. The van der Waals surface area contributed by atoms with Crippen molar-refractivity contribution < 1.29 is 4.74 Å². The Kier molecular flexibility index (Phi) is 2.41. The number of hydrogen-bond acceptors (Lipinski definition) is 1. The molecule has 0 saturated heterocycles. The Hall–Kier alpha value is -1.15. The highest BCUT2D eigenvalue weighted by Gasteiger charge is 1.98. The Morgan fingerprint density at radius 3 is 2.62 bits per heavy atom. The molecule has 1 nitrogen and oxygen atoms in total. The molecule has 0 aromatic heterocycles. The Balaban J connectivity index is 2.61. The number of hydrogen-bond donors (Lipinski definition) is 0. The van der Waals surface area contributed by atoms with Crippen LogP contribution in [0.1, 0.15) is 0 Å². The minimum absolute atomic E-state index is 0.300. The molecule has 0 aliphatic carbocycles. The van der Waals surface area contributed by atoms with E-state index in [1.807, 2.05) is 30.3 Å². The zero-order valence-corrected chi connectivity index (χ0v) is 7.88. The van der Waals surface area contributed by atoms with Gasteiger partial charge in [0, 0.05) is 5.39 Å². The van der Waals surface area contributed by atoms with Crippen molar-refractivity contribution in [2.45, 2.75) is 0 Å². The molecule has 0 N–H and O–H groups in total. The Morgan fingerprint density at radius 2 is 1.77 bits per heavy atom. The van der Waals surface area contributed by atoms with Gasteiger partial charge in [-0.05, 0) is 24.1 Å². The van der Waals surface area contributed by atoms with Crippen molar-refractivity contribution in [1.29, 1.82) is 0 Å². The zero-order valence-electron chi connectivity index (χ0n) is 7.07. The van der Waals surface area contributed by atoms with Crippen LogP contribution >= 0.6 is 12.6 Å². The summed E-state index contributed by atoms with van der Waals surface area (Å²) in [5.74, 6) is 1.17. The quantitative estimate of drug-likeness (QED) is 0.703. The third-order valence-corrected chi connectivity index (χ3v) is 2.08. The summed E-state index contributed by atoms with van der Waals surface area (Å²) in [6.45, 7) is 0.